The maximum atomic E-state index is 11.5. The predicted molar refractivity (Wildman–Crippen MR) is 65.4 cm³/mol. The lowest BCUT2D eigenvalue weighted by Gasteiger charge is -2.20. The second kappa shape index (κ2) is 4.43. The summed E-state index contributed by atoms with van der Waals surface area (Å²) in [4.78, 5) is 11.5. The van der Waals surface area contributed by atoms with E-state index >= 15 is 0 Å². The zero-order chi connectivity index (χ0) is 12.3. The molecule has 1 aromatic carbocycles. The van der Waals surface area contributed by atoms with Gasteiger partial charge in [0.25, 0.3) is 0 Å². The van der Waals surface area contributed by atoms with Gasteiger partial charge in [-0.05, 0) is 45.4 Å². The average Bonchev–Trinajstić information content (AvgIpc) is 2.09. The van der Waals surface area contributed by atoms with Crippen LogP contribution in [0.15, 0.2) is 18.2 Å². The monoisotopic (exact) mass is 222 g/mol. The van der Waals surface area contributed by atoms with Crippen LogP contribution in [0.3, 0.4) is 0 Å². The molecular formula is C12H18N2O2. The smallest absolute Gasteiger partial charge is 0.412 e. The zero-order valence-corrected chi connectivity index (χ0v) is 10.1. The molecule has 1 amide bonds. The number of nitrogens with two attached hydrogens (primary N) is 1. The van der Waals surface area contributed by atoms with Gasteiger partial charge >= 0.3 is 6.09 Å². The molecule has 88 valence electrons. The molecule has 0 saturated heterocycles. The standard InChI is InChI=1S/C12H18N2O2/c1-8-9(13)6-5-7-10(8)14-11(15)16-12(2,3)4/h5-7H,13H2,1-4H3,(H,14,15). The number of nitrogens with one attached hydrogen (secondary N) is 1. The fraction of sp³-hybridized carbons (Fsp3) is 0.417. The molecule has 0 aromatic heterocycles. The van der Waals surface area contributed by atoms with Crippen LogP contribution in [-0.2, 0) is 4.74 Å². The van der Waals surface area contributed by atoms with Crippen LogP contribution in [0.25, 0.3) is 0 Å². The van der Waals surface area contributed by atoms with Crippen molar-refractivity contribution in [1.82, 2.24) is 0 Å². The van der Waals surface area contributed by atoms with Crippen molar-refractivity contribution in [3.8, 4) is 0 Å². The quantitative estimate of drug-likeness (QED) is 0.718. The number of hydrogen-bond donors (Lipinski definition) is 2. The summed E-state index contributed by atoms with van der Waals surface area (Å²) in [5, 5.41) is 2.67. The molecule has 0 aliphatic carbocycles. The van der Waals surface area contributed by atoms with Crippen LogP contribution in [0.2, 0.25) is 0 Å². The Labute approximate surface area is 95.8 Å². The topological polar surface area (TPSA) is 64.3 Å². The molecule has 1 aromatic rings. The molecule has 0 spiro atoms. The van der Waals surface area contributed by atoms with Gasteiger partial charge in [-0.3, -0.25) is 5.32 Å². The minimum Gasteiger partial charge on any atom is -0.444 e. The maximum absolute atomic E-state index is 11.5. The van der Waals surface area contributed by atoms with E-state index in [-0.39, 0.29) is 0 Å². The highest BCUT2D eigenvalue weighted by molar-refractivity contribution is 5.87. The van der Waals surface area contributed by atoms with Crippen LogP contribution in [0.1, 0.15) is 26.3 Å². The SMILES string of the molecule is Cc1c(N)cccc1NC(=O)OC(C)(C)C. The van der Waals surface area contributed by atoms with Gasteiger partial charge in [-0.25, -0.2) is 4.79 Å². The lowest BCUT2D eigenvalue weighted by atomic mass is 10.1. The Morgan fingerprint density at radius 1 is 1.38 bits per heavy atom. The molecule has 0 saturated carbocycles. The number of anilines is 2. The maximum Gasteiger partial charge on any atom is 0.412 e. The summed E-state index contributed by atoms with van der Waals surface area (Å²) >= 11 is 0. The normalized spacial score (nSPS) is 11.0. The van der Waals surface area contributed by atoms with Crippen LogP contribution in [0.5, 0.6) is 0 Å². The molecule has 1 rings (SSSR count). The third-order valence-electron chi connectivity index (χ3n) is 2.01. The summed E-state index contributed by atoms with van der Waals surface area (Å²) < 4.78 is 5.15. The molecule has 4 nitrogen and oxygen atoms in total. The number of amides is 1. The van der Waals surface area contributed by atoms with E-state index in [4.69, 9.17) is 10.5 Å². The number of rotatable bonds is 1. The van der Waals surface area contributed by atoms with Crippen LogP contribution >= 0.6 is 0 Å². The van der Waals surface area contributed by atoms with Crippen LogP contribution in [-0.4, -0.2) is 11.7 Å². The molecular weight excluding hydrogens is 204 g/mol. The van der Waals surface area contributed by atoms with Gasteiger partial charge in [-0.1, -0.05) is 6.07 Å². The van der Waals surface area contributed by atoms with Gasteiger partial charge in [-0.2, -0.15) is 0 Å². The molecule has 3 N–H and O–H groups in total. The first-order chi connectivity index (χ1) is 7.29. The number of carbonyl (C=O) groups is 1. The van der Waals surface area contributed by atoms with Gasteiger partial charge in [0.1, 0.15) is 5.60 Å². The molecule has 0 aliphatic heterocycles. The van der Waals surface area contributed by atoms with Gasteiger partial charge in [0.05, 0.1) is 0 Å². The molecule has 0 heterocycles. The Kier molecular flexibility index (Phi) is 3.42. The van der Waals surface area contributed by atoms with Crippen molar-refractivity contribution < 1.29 is 9.53 Å². The molecule has 0 fully saturated rings. The summed E-state index contributed by atoms with van der Waals surface area (Å²) in [6, 6.07) is 5.36. The first-order valence-corrected chi connectivity index (χ1v) is 5.15. The van der Waals surface area contributed by atoms with Crippen molar-refractivity contribution >= 4 is 17.5 Å². The zero-order valence-electron chi connectivity index (χ0n) is 10.1. The third-order valence-corrected chi connectivity index (χ3v) is 2.01. The van der Waals surface area contributed by atoms with Crippen LogP contribution in [0.4, 0.5) is 16.2 Å². The lowest BCUT2D eigenvalue weighted by molar-refractivity contribution is 0.0636. The van der Waals surface area contributed by atoms with E-state index < -0.39 is 11.7 Å². The Morgan fingerprint density at radius 2 is 2.00 bits per heavy atom. The van der Waals surface area contributed by atoms with Gasteiger partial charge in [0, 0.05) is 11.4 Å². The van der Waals surface area contributed by atoms with E-state index in [1.165, 1.54) is 0 Å². The van der Waals surface area contributed by atoms with Crippen molar-refractivity contribution in [2.75, 3.05) is 11.1 Å². The molecule has 0 atom stereocenters. The fourth-order valence-electron chi connectivity index (χ4n) is 1.20. The van der Waals surface area contributed by atoms with E-state index in [9.17, 15) is 4.79 Å². The van der Waals surface area contributed by atoms with Gasteiger partial charge < -0.3 is 10.5 Å². The highest BCUT2D eigenvalue weighted by Crippen LogP contribution is 2.21. The lowest BCUT2D eigenvalue weighted by Crippen LogP contribution is -2.27. The second-order valence-electron chi connectivity index (χ2n) is 4.65. The highest BCUT2D eigenvalue weighted by Gasteiger charge is 2.16. The minimum atomic E-state index is -0.502. The summed E-state index contributed by atoms with van der Waals surface area (Å²) in [5.41, 5.74) is 7.39. The number of carbonyl (C=O) groups excluding carboxylic acids is 1. The largest absolute Gasteiger partial charge is 0.444 e. The molecule has 16 heavy (non-hydrogen) atoms. The van der Waals surface area contributed by atoms with Crippen molar-refractivity contribution in [3.63, 3.8) is 0 Å². The fourth-order valence-corrected chi connectivity index (χ4v) is 1.20. The van der Waals surface area contributed by atoms with E-state index in [0.717, 1.165) is 5.56 Å². The van der Waals surface area contributed by atoms with Crippen LogP contribution in [0, 0.1) is 6.92 Å². The van der Waals surface area contributed by atoms with Crippen molar-refractivity contribution in [1.29, 1.82) is 0 Å². The summed E-state index contributed by atoms with van der Waals surface area (Å²) in [6.45, 7) is 7.30. The number of ether oxygens (including phenoxy) is 1. The van der Waals surface area contributed by atoms with Crippen molar-refractivity contribution in [3.05, 3.63) is 23.8 Å². The average molecular weight is 222 g/mol. The van der Waals surface area contributed by atoms with Gasteiger partial charge in [0.15, 0.2) is 0 Å². The van der Waals surface area contributed by atoms with Crippen LogP contribution < -0.4 is 11.1 Å². The van der Waals surface area contributed by atoms with Crippen molar-refractivity contribution in [2.45, 2.75) is 33.3 Å². The van der Waals surface area contributed by atoms with Gasteiger partial charge in [-0.15, -0.1) is 0 Å². The summed E-state index contributed by atoms with van der Waals surface area (Å²) in [6.07, 6.45) is -0.471. The third kappa shape index (κ3) is 3.46. The van der Waals surface area contributed by atoms with E-state index in [2.05, 4.69) is 5.32 Å². The summed E-state index contributed by atoms with van der Waals surface area (Å²) in [5.74, 6) is 0. The number of hydrogen-bond acceptors (Lipinski definition) is 3. The first-order valence-electron chi connectivity index (χ1n) is 5.15. The van der Waals surface area contributed by atoms with Gasteiger partial charge in [0.2, 0.25) is 0 Å². The molecule has 0 bridgehead atoms. The Hall–Kier alpha value is -1.71. The second-order valence-corrected chi connectivity index (χ2v) is 4.65. The predicted octanol–water partition coefficient (Wildman–Crippen LogP) is 2.92. The van der Waals surface area contributed by atoms with Crippen molar-refractivity contribution in [2.24, 2.45) is 0 Å². The number of benzene rings is 1. The minimum absolute atomic E-state index is 0.471. The summed E-state index contributed by atoms with van der Waals surface area (Å²) in [7, 11) is 0. The first kappa shape index (κ1) is 12.4. The molecule has 0 radical (unpaired) electrons. The molecule has 0 unspecified atom stereocenters. The van der Waals surface area contributed by atoms with E-state index in [1.807, 2.05) is 27.7 Å². The van der Waals surface area contributed by atoms with E-state index in [0.29, 0.717) is 11.4 Å². The van der Waals surface area contributed by atoms with E-state index in [1.54, 1.807) is 18.2 Å². The molecule has 4 heteroatoms. The highest BCUT2D eigenvalue weighted by atomic mass is 16.6. The Morgan fingerprint density at radius 3 is 2.56 bits per heavy atom. The Balaban J connectivity index is 2.74. The Bertz CT molecular complexity index is 394. The number of nitrogen functional groups attached to an aromatic ring is 1. The molecule has 0 aliphatic rings.